The number of nitrogens with zero attached hydrogens (tertiary/aromatic N) is 3. The Morgan fingerprint density at radius 3 is 2.70 bits per heavy atom. The average molecular weight is 697 g/mol. The number of hydrogen-bond acceptors (Lipinski definition) is 14. The number of rotatable bonds is 16. The zero-order valence-electron chi connectivity index (χ0n) is 26.6. The van der Waals surface area contributed by atoms with E-state index >= 15 is 0 Å². The van der Waals surface area contributed by atoms with Gasteiger partial charge < -0.3 is 25.4 Å². The summed E-state index contributed by atoms with van der Waals surface area (Å²) in [7, 11) is -4.08. The quantitative estimate of drug-likeness (QED) is 0.0822. The number of aliphatic hydroxyl groups is 2. The second-order valence-electron chi connectivity index (χ2n) is 11.9. The summed E-state index contributed by atoms with van der Waals surface area (Å²) < 4.78 is 37.7. The van der Waals surface area contributed by atoms with E-state index in [4.69, 9.17) is 24.3 Å². The largest absolute Gasteiger partial charge is 0.465 e. The fraction of sp³-hybridized carbons (Fsp3) is 0.552. The van der Waals surface area contributed by atoms with Crippen LogP contribution in [0.1, 0.15) is 52.3 Å². The Bertz CT molecular complexity index is 1650. The van der Waals surface area contributed by atoms with E-state index in [2.05, 4.69) is 20.0 Å². The van der Waals surface area contributed by atoms with Gasteiger partial charge in [-0.3, -0.25) is 33.0 Å². The molecule has 1 aliphatic rings. The lowest BCUT2D eigenvalue weighted by molar-refractivity contribution is -0.147. The van der Waals surface area contributed by atoms with Gasteiger partial charge in [0.15, 0.2) is 22.5 Å². The molecule has 18 heteroatoms. The van der Waals surface area contributed by atoms with E-state index in [9.17, 15) is 29.2 Å². The van der Waals surface area contributed by atoms with E-state index in [0.29, 0.717) is 6.42 Å². The third-order valence-corrected chi connectivity index (χ3v) is 10.1. The van der Waals surface area contributed by atoms with Crippen LogP contribution in [0.4, 0.5) is 5.95 Å². The summed E-state index contributed by atoms with van der Waals surface area (Å²) in [6, 6.07) is 9.09. The van der Waals surface area contributed by atoms with Crippen LogP contribution in [0.15, 0.2) is 41.5 Å². The number of aromatic nitrogens is 4. The second kappa shape index (κ2) is 15.4. The van der Waals surface area contributed by atoms with Crippen LogP contribution in [-0.4, -0.2) is 84.2 Å². The molecule has 47 heavy (non-hydrogen) atoms. The van der Waals surface area contributed by atoms with Crippen molar-refractivity contribution in [2.45, 2.75) is 71.1 Å². The average Bonchev–Trinajstić information content (AvgIpc) is 3.54. The molecule has 0 bridgehead atoms. The van der Waals surface area contributed by atoms with Crippen LogP contribution in [0.3, 0.4) is 0 Å². The molecule has 3 heterocycles. The molecule has 1 aromatic carbocycles. The number of H-pyrrole nitrogens is 1. The molecule has 258 valence electrons. The van der Waals surface area contributed by atoms with Gasteiger partial charge >= 0.3 is 13.7 Å². The highest BCUT2D eigenvalue weighted by atomic mass is 32.2. The Labute approximate surface area is 275 Å². The van der Waals surface area contributed by atoms with Crippen LogP contribution in [0, 0.1) is 5.41 Å². The summed E-state index contributed by atoms with van der Waals surface area (Å²) in [5.41, 5.74) is 3.00. The first-order valence-electron chi connectivity index (χ1n) is 15.0. The zero-order chi connectivity index (χ0) is 34.4. The van der Waals surface area contributed by atoms with Crippen molar-refractivity contribution in [3.05, 3.63) is 52.6 Å². The minimum atomic E-state index is -4.08. The molecule has 1 aliphatic heterocycles. The molecule has 0 spiro atoms. The van der Waals surface area contributed by atoms with Crippen molar-refractivity contribution in [1.29, 1.82) is 0 Å². The van der Waals surface area contributed by atoms with Gasteiger partial charge in [0.2, 0.25) is 5.95 Å². The number of hydrogen-bond donors (Lipinski definition) is 5. The molecule has 1 unspecified atom stereocenters. The summed E-state index contributed by atoms with van der Waals surface area (Å²) in [6.45, 7) is 5.94. The molecule has 4 rings (SSSR count). The van der Waals surface area contributed by atoms with Crippen molar-refractivity contribution in [3.8, 4) is 0 Å². The predicted molar refractivity (Wildman–Crippen MR) is 173 cm³/mol. The van der Waals surface area contributed by atoms with Crippen LogP contribution in [0.2, 0.25) is 0 Å². The molecule has 3 aromatic rings. The van der Waals surface area contributed by atoms with Crippen molar-refractivity contribution < 1.29 is 42.9 Å². The molecule has 5 atom stereocenters. The number of benzene rings is 1. The molecule has 2 aromatic heterocycles. The number of aromatic amines is 1. The number of esters is 1. The van der Waals surface area contributed by atoms with Gasteiger partial charge in [-0.15, -0.1) is 0 Å². The number of anilines is 1. The molecular formula is C29H41N6O10PS. The lowest BCUT2D eigenvalue weighted by atomic mass is 9.96. The van der Waals surface area contributed by atoms with E-state index in [1.54, 1.807) is 13.8 Å². The number of thioether (sulfide) groups is 1. The summed E-state index contributed by atoms with van der Waals surface area (Å²) in [5, 5.41) is 24.8. The van der Waals surface area contributed by atoms with Gasteiger partial charge in [0.1, 0.15) is 24.4 Å². The van der Waals surface area contributed by atoms with Crippen molar-refractivity contribution >= 4 is 47.7 Å². The van der Waals surface area contributed by atoms with Gasteiger partial charge in [0.05, 0.1) is 25.0 Å². The van der Waals surface area contributed by atoms with E-state index in [0.717, 1.165) is 17.3 Å². The summed E-state index contributed by atoms with van der Waals surface area (Å²) >= 11 is 0.943. The topological polar surface area (TPSA) is 230 Å². The first kappa shape index (κ1) is 36.7. The lowest BCUT2D eigenvalue weighted by Gasteiger charge is -2.27. The first-order chi connectivity index (χ1) is 22.2. The maximum atomic E-state index is 13.9. The van der Waals surface area contributed by atoms with E-state index in [1.807, 2.05) is 37.3 Å². The van der Waals surface area contributed by atoms with Crippen LogP contribution in [0.5, 0.6) is 0 Å². The molecule has 6 N–H and O–H groups in total. The number of carbonyl (C=O) groups is 2. The molecule has 1 saturated heterocycles. The van der Waals surface area contributed by atoms with Crippen molar-refractivity contribution in [2.75, 3.05) is 31.3 Å². The monoisotopic (exact) mass is 696 g/mol. The number of fused-ring (bicyclic) bond motifs is 1. The van der Waals surface area contributed by atoms with E-state index < -0.39 is 49.4 Å². The van der Waals surface area contributed by atoms with Crippen molar-refractivity contribution in [3.63, 3.8) is 0 Å². The normalized spacial score (nSPS) is 22.7. The number of imidazole rings is 1. The Morgan fingerprint density at radius 1 is 1.28 bits per heavy atom. The minimum Gasteiger partial charge on any atom is -0.465 e. The first-order valence-corrected chi connectivity index (χ1v) is 17.5. The van der Waals surface area contributed by atoms with Crippen LogP contribution < -0.4 is 16.4 Å². The van der Waals surface area contributed by atoms with Crippen molar-refractivity contribution in [2.24, 2.45) is 5.41 Å². The standard InChI is InChI=1S/C29H41N6O10PS/c1-5-9-20(36)42-16-28(2,3)26(39)47-13-12-43-46(41,32-14-18-10-7-6-8-11-18)44-15-19-22(37)29(4,40)25(45-19)35-17-31-21-23(35)33-27(30)34-24(21)38/h6-8,10-11,17,19,22,25,37,40H,5,9,12-16H2,1-4H3,(H,32,41)(H3,30,33,34,38)/t19-,22-,25-,29-,46?/m1/s1. The molecular weight excluding hydrogens is 655 g/mol. The highest BCUT2D eigenvalue weighted by Gasteiger charge is 2.54. The number of nitrogens with two attached hydrogens (primary N) is 1. The van der Waals surface area contributed by atoms with Gasteiger partial charge in [0.25, 0.3) is 5.56 Å². The van der Waals surface area contributed by atoms with Crippen LogP contribution in [-0.2, 0) is 39.2 Å². The highest BCUT2D eigenvalue weighted by Crippen LogP contribution is 2.47. The minimum absolute atomic E-state index is 0.0261. The Morgan fingerprint density at radius 2 is 2.00 bits per heavy atom. The fourth-order valence-electron chi connectivity index (χ4n) is 4.66. The molecule has 0 radical (unpaired) electrons. The summed E-state index contributed by atoms with van der Waals surface area (Å²) in [6.07, 6.45) is -1.86. The Balaban J connectivity index is 1.41. The van der Waals surface area contributed by atoms with Gasteiger partial charge in [-0.1, -0.05) is 49.0 Å². The molecule has 1 fully saturated rings. The van der Waals surface area contributed by atoms with Gasteiger partial charge in [-0.05, 0) is 32.8 Å². The third-order valence-electron chi connectivity index (χ3n) is 7.36. The predicted octanol–water partition coefficient (Wildman–Crippen LogP) is 2.27. The third kappa shape index (κ3) is 9.06. The maximum absolute atomic E-state index is 13.9. The SMILES string of the molecule is CCCC(=O)OCC(C)(C)C(=O)SCCOP(=O)(NCc1ccccc1)OC[C@H]1O[C@@H](n2cnc3c(=O)[nH]c(N)nc32)[C@](C)(O)[C@@H]1O. The van der Waals surface area contributed by atoms with Gasteiger partial charge in [0, 0.05) is 18.7 Å². The number of nitrogens with one attached hydrogen (secondary N) is 2. The summed E-state index contributed by atoms with van der Waals surface area (Å²) in [4.78, 5) is 47.2. The second-order valence-corrected chi connectivity index (χ2v) is 14.7. The Hall–Kier alpha value is -3.15. The molecule has 0 amide bonds. The number of nitrogen functional groups attached to an aromatic ring is 1. The molecule has 16 nitrogen and oxygen atoms in total. The number of ether oxygens (including phenoxy) is 2. The van der Waals surface area contributed by atoms with E-state index in [-0.39, 0.29) is 60.1 Å². The molecule has 0 aliphatic carbocycles. The maximum Gasteiger partial charge on any atom is 0.405 e. The number of aliphatic hydroxyl groups excluding tert-OH is 1. The lowest BCUT2D eigenvalue weighted by Crippen LogP contribution is -2.44. The van der Waals surface area contributed by atoms with Crippen LogP contribution in [0.25, 0.3) is 11.2 Å². The van der Waals surface area contributed by atoms with Gasteiger partial charge in [-0.25, -0.2) is 14.6 Å². The molecule has 0 saturated carbocycles. The van der Waals surface area contributed by atoms with E-state index in [1.165, 1.54) is 17.8 Å². The van der Waals surface area contributed by atoms with Gasteiger partial charge in [-0.2, -0.15) is 4.98 Å². The summed E-state index contributed by atoms with van der Waals surface area (Å²) in [5.74, 6) is -0.430. The smallest absolute Gasteiger partial charge is 0.405 e. The van der Waals surface area contributed by atoms with Crippen molar-refractivity contribution in [1.82, 2.24) is 24.6 Å². The fourth-order valence-corrected chi connectivity index (χ4v) is 6.89. The highest BCUT2D eigenvalue weighted by molar-refractivity contribution is 8.13. The zero-order valence-corrected chi connectivity index (χ0v) is 28.3. The number of carbonyl (C=O) groups excluding carboxylic acids is 2. The van der Waals surface area contributed by atoms with Crippen LogP contribution >= 0.6 is 19.5 Å². The Kier molecular flexibility index (Phi) is 12.0.